The van der Waals surface area contributed by atoms with Crippen molar-refractivity contribution in [2.75, 3.05) is 19.6 Å². The number of carbonyl (C=O) groups excluding carboxylic acids is 1. The molecule has 2 aromatic rings. The van der Waals surface area contributed by atoms with Gasteiger partial charge in [0.1, 0.15) is 5.01 Å². The van der Waals surface area contributed by atoms with Crippen LogP contribution in [-0.2, 0) is 11.2 Å². The summed E-state index contributed by atoms with van der Waals surface area (Å²) in [7, 11) is 0. The molecule has 1 unspecified atom stereocenters. The summed E-state index contributed by atoms with van der Waals surface area (Å²) >= 11 is 3.27. The molecule has 3 heterocycles. The van der Waals surface area contributed by atoms with Gasteiger partial charge in [-0.15, -0.1) is 11.3 Å². The van der Waals surface area contributed by atoms with Crippen LogP contribution < -0.4 is 5.32 Å². The minimum absolute atomic E-state index is 0.0730. The second-order valence-corrected chi connectivity index (χ2v) is 8.06. The number of carbonyl (C=O) groups is 1. The first-order valence-electron chi connectivity index (χ1n) is 8.70. The fourth-order valence-corrected chi connectivity index (χ4v) is 4.67. The van der Waals surface area contributed by atoms with Crippen molar-refractivity contribution < 1.29 is 4.79 Å². The van der Waals surface area contributed by atoms with Gasteiger partial charge in [0.05, 0.1) is 12.1 Å². The first-order valence-corrected chi connectivity index (χ1v) is 10.5. The van der Waals surface area contributed by atoms with E-state index >= 15 is 0 Å². The zero-order chi connectivity index (χ0) is 16.8. The van der Waals surface area contributed by atoms with E-state index in [-0.39, 0.29) is 5.91 Å². The summed E-state index contributed by atoms with van der Waals surface area (Å²) in [6.45, 7) is 5.36. The Morgan fingerprint density at radius 2 is 2.33 bits per heavy atom. The van der Waals surface area contributed by atoms with Crippen LogP contribution in [0.1, 0.15) is 38.3 Å². The molecule has 0 saturated carbocycles. The van der Waals surface area contributed by atoms with Crippen LogP contribution in [0.4, 0.5) is 0 Å². The molecular weight excluding hydrogens is 338 g/mol. The zero-order valence-corrected chi connectivity index (χ0v) is 15.8. The van der Waals surface area contributed by atoms with Crippen molar-refractivity contribution in [3.05, 3.63) is 27.9 Å². The van der Waals surface area contributed by atoms with Crippen molar-refractivity contribution in [1.82, 2.24) is 15.2 Å². The molecule has 0 aliphatic carbocycles. The molecule has 0 aromatic carbocycles. The lowest BCUT2D eigenvalue weighted by Crippen LogP contribution is -2.39. The van der Waals surface area contributed by atoms with E-state index < -0.39 is 0 Å². The quantitative estimate of drug-likeness (QED) is 0.761. The SMILES string of the molecule is CC1CCCCN1CCCNC(=O)Cc1csc(-c2ccsc2)n1. The Labute approximate surface area is 151 Å². The molecule has 1 fully saturated rings. The van der Waals surface area contributed by atoms with Gasteiger partial charge < -0.3 is 10.2 Å². The summed E-state index contributed by atoms with van der Waals surface area (Å²) in [5, 5.41) is 10.2. The topological polar surface area (TPSA) is 45.2 Å². The van der Waals surface area contributed by atoms with Gasteiger partial charge in [0.15, 0.2) is 0 Å². The fraction of sp³-hybridized carbons (Fsp3) is 0.556. The van der Waals surface area contributed by atoms with Crippen LogP contribution in [0.2, 0.25) is 0 Å². The Balaban J connectivity index is 1.37. The number of thiophene rings is 1. The van der Waals surface area contributed by atoms with Gasteiger partial charge in [-0.2, -0.15) is 11.3 Å². The van der Waals surface area contributed by atoms with E-state index in [1.165, 1.54) is 25.8 Å². The lowest BCUT2D eigenvalue weighted by Gasteiger charge is -2.33. The molecule has 4 nitrogen and oxygen atoms in total. The Morgan fingerprint density at radius 1 is 1.42 bits per heavy atom. The number of nitrogens with zero attached hydrogens (tertiary/aromatic N) is 2. The van der Waals surface area contributed by atoms with Gasteiger partial charge in [-0.1, -0.05) is 6.42 Å². The lowest BCUT2D eigenvalue weighted by atomic mass is 10.0. The highest BCUT2D eigenvalue weighted by atomic mass is 32.1. The molecule has 3 rings (SSSR count). The van der Waals surface area contributed by atoms with Gasteiger partial charge in [-0.25, -0.2) is 4.98 Å². The van der Waals surface area contributed by atoms with E-state index in [4.69, 9.17) is 0 Å². The number of hydrogen-bond acceptors (Lipinski definition) is 5. The van der Waals surface area contributed by atoms with Crippen LogP contribution in [0, 0.1) is 0 Å². The minimum Gasteiger partial charge on any atom is -0.356 e. The van der Waals surface area contributed by atoms with Crippen LogP contribution in [0.15, 0.2) is 22.2 Å². The smallest absolute Gasteiger partial charge is 0.226 e. The standard InChI is InChI=1S/C18H25N3OS2/c1-14-5-2-3-8-21(14)9-4-7-19-17(22)11-16-13-24-18(20-16)15-6-10-23-12-15/h6,10,12-14H,2-5,7-9,11H2,1H3,(H,19,22). The van der Waals surface area contributed by atoms with Gasteiger partial charge in [-0.3, -0.25) is 4.79 Å². The largest absolute Gasteiger partial charge is 0.356 e. The van der Waals surface area contributed by atoms with Crippen molar-refractivity contribution in [2.24, 2.45) is 0 Å². The number of amides is 1. The number of hydrogen-bond donors (Lipinski definition) is 1. The van der Waals surface area contributed by atoms with Gasteiger partial charge >= 0.3 is 0 Å². The molecule has 0 spiro atoms. The van der Waals surface area contributed by atoms with Crippen LogP contribution in [0.5, 0.6) is 0 Å². The number of aromatic nitrogens is 1. The fourth-order valence-electron chi connectivity index (χ4n) is 3.13. The summed E-state index contributed by atoms with van der Waals surface area (Å²) in [6.07, 6.45) is 5.37. The van der Waals surface area contributed by atoms with Gasteiger partial charge in [0.2, 0.25) is 5.91 Å². The second-order valence-electron chi connectivity index (χ2n) is 6.42. The van der Waals surface area contributed by atoms with Gasteiger partial charge in [0.25, 0.3) is 0 Å². The molecule has 1 atom stereocenters. The van der Waals surface area contributed by atoms with E-state index in [2.05, 4.69) is 33.6 Å². The summed E-state index contributed by atoms with van der Waals surface area (Å²) < 4.78 is 0. The van der Waals surface area contributed by atoms with Crippen molar-refractivity contribution in [1.29, 1.82) is 0 Å². The molecule has 2 aromatic heterocycles. The molecule has 1 saturated heterocycles. The Morgan fingerprint density at radius 3 is 3.12 bits per heavy atom. The molecule has 24 heavy (non-hydrogen) atoms. The number of rotatable bonds is 7. The normalized spacial score (nSPS) is 18.6. The molecule has 0 radical (unpaired) electrons. The van der Waals surface area contributed by atoms with Crippen molar-refractivity contribution in [3.63, 3.8) is 0 Å². The van der Waals surface area contributed by atoms with Crippen molar-refractivity contribution >= 4 is 28.6 Å². The average molecular weight is 364 g/mol. The highest BCUT2D eigenvalue weighted by Gasteiger charge is 2.17. The Hall–Kier alpha value is -1.24. The molecule has 0 bridgehead atoms. The molecule has 1 N–H and O–H groups in total. The second kappa shape index (κ2) is 8.74. The van der Waals surface area contributed by atoms with E-state index in [1.54, 1.807) is 22.7 Å². The number of nitrogens with one attached hydrogen (secondary N) is 1. The predicted molar refractivity (Wildman–Crippen MR) is 102 cm³/mol. The Kier molecular flexibility index (Phi) is 6.40. The number of thiazole rings is 1. The number of piperidine rings is 1. The highest BCUT2D eigenvalue weighted by molar-refractivity contribution is 7.14. The maximum Gasteiger partial charge on any atom is 0.226 e. The summed E-state index contributed by atoms with van der Waals surface area (Å²) in [4.78, 5) is 19.2. The monoisotopic (exact) mass is 363 g/mol. The summed E-state index contributed by atoms with van der Waals surface area (Å²) in [5.74, 6) is 0.0730. The molecular formula is C18H25N3OS2. The maximum absolute atomic E-state index is 12.1. The van der Waals surface area contributed by atoms with Crippen molar-refractivity contribution in [2.45, 2.75) is 45.1 Å². The van der Waals surface area contributed by atoms with Crippen LogP contribution >= 0.6 is 22.7 Å². The third-order valence-corrected chi connectivity index (χ3v) is 6.17. The number of likely N-dealkylation sites (tertiary alicyclic amines) is 1. The lowest BCUT2D eigenvalue weighted by molar-refractivity contribution is -0.120. The van der Waals surface area contributed by atoms with Crippen LogP contribution in [0.3, 0.4) is 0 Å². The first-order chi connectivity index (χ1) is 11.7. The molecule has 6 heteroatoms. The van der Waals surface area contributed by atoms with E-state index in [0.717, 1.165) is 35.8 Å². The third kappa shape index (κ3) is 4.88. The summed E-state index contributed by atoms with van der Waals surface area (Å²) in [5.41, 5.74) is 2.01. The zero-order valence-electron chi connectivity index (χ0n) is 14.2. The van der Waals surface area contributed by atoms with E-state index in [9.17, 15) is 4.79 Å². The first kappa shape index (κ1) is 17.6. The predicted octanol–water partition coefficient (Wildman–Crippen LogP) is 3.79. The van der Waals surface area contributed by atoms with Gasteiger partial charge in [0, 0.05) is 35.5 Å². The third-order valence-electron chi connectivity index (χ3n) is 4.55. The van der Waals surface area contributed by atoms with Crippen LogP contribution in [-0.4, -0.2) is 41.5 Å². The molecule has 1 amide bonds. The summed E-state index contributed by atoms with van der Waals surface area (Å²) in [6, 6.07) is 2.76. The van der Waals surface area contributed by atoms with Gasteiger partial charge in [-0.05, 0) is 44.2 Å². The van der Waals surface area contributed by atoms with E-state index in [1.807, 2.05) is 10.8 Å². The molecule has 1 aliphatic heterocycles. The van der Waals surface area contributed by atoms with Crippen molar-refractivity contribution in [3.8, 4) is 10.6 Å². The Bertz CT molecular complexity index is 638. The highest BCUT2D eigenvalue weighted by Crippen LogP contribution is 2.25. The minimum atomic E-state index is 0.0730. The maximum atomic E-state index is 12.1. The average Bonchev–Trinajstić information content (AvgIpc) is 3.24. The molecule has 130 valence electrons. The van der Waals surface area contributed by atoms with E-state index in [0.29, 0.717) is 12.5 Å². The molecule has 1 aliphatic rings. The van der Waals surface area contributed by atoms with Crippen LogP contribution in [0.25, 0.3) is 10.6 Å².